The number of carbonyl (C=O) groups is 1. The smallest absolute Gasteiger partial charge is 0.303 e. The number of rotatable bonds is 4. The van der Waals surface area contributed by atoms with Crippen molar-refractivity contribution in [1.82, 2.24) is 0 Å². The molecule has 4 fully saturated rings. The number of carboxylic acid groups (broad SMARTS) is 1. The number of aliphatic carboxylic acids is 1. The highest BCUT2D eigenvalue weighted by molar-refractivity contribution is 5.66. The van der Waals surface area contributed by atoms with Gasteiger partial charge in [0.15, 0.2) is 0 Å². The van der Waals surface area contributed by atoms with E-state index in [0.29, 0.717) is 29.1 Å². The third kappa shape index (κ3) is 3.16. The second kappa shape index (κ2) is 7.04. The van der Waals surface area contributed by atoms with Gasteiger partial charge in [-0.1, -0.05) is 20.8 Å². The van der Waals surface area contributed by atoms with Crippen molar-refractivity contribution in [1.29, 1.82) is 0 Å². The van der Waals surface area contributed by atoms with Crippen molar-refractivity contribution < 1.29 is 15.0 Å². The molecule has 2 N–H and O–H groups in total. The van der Waals surface area contributed by atoms with Gasteiger partial charge in [0, 0.05) is 6.42 Å². The monoisotopic (exact) mass is 376 g/mol. The average molecular weight is 377 g/mol. The summed E-state index contributed by atoms with van der Waals surface area (Å²) in [5.41, 5.74) is 0.882. The van der Waals surface area contributed by atoms with Gasteiger partial charge in [-0.15, -0.1) is 0 Å². The predicted molar refractivity (Wildman–Crippen MR) is 107 cm³/mol. The van der Waals surface area contributed by atoms with Gasteiger partial charge < -0.3 is 10.2 Å². The summed E-state index contributed by atoms with van der Waals surface area (Å²) < 4.78 is 0. The Kier molecular flexibility index (Phi) is 5.15. The number of hydrogen-bond acceptors (Lipinski definition) is 2. The molecule has 0 aromatic heterocycles. The Labute approximate surface area is 165 Å². The highest BCUT2D eigenvalue weighted by Gasteiger charge is 2.60. The zero-order valence-electron chi connectivity index (χ0n) is 17.6. The fourth-order valence-corrected chi connectivity index (χ4v) is 8.76. The van der Waals surface area contributed by atoms with E-state index >= 15 is 0 Å². The van der Waals surface area contributed by atoms with Gasteiger partial charge in [-0.2, -0.15) is 0 Å². The Balaban J connectivity index is 1.51. The molecule has 0 bridgehead atoms. The van der Waals surface area contributed by atoms with Crippen molar-refractivity contribution in [2.75, 3.05) is 0 Å². The number of fused-ring (bicyclic) bond motifs is 5. The molecule has 3 nitrogen and oxygen atoms in total. The third-order valence-electron chi connectivity index (χ3n) is 10.2. The minimum atomic E-state index is -0.643. The highest BCUT2D eigenvalue weighted by atomic mass is 16.4. The molecule has 154 valence electrons. The second-order valence-electron chi connectivity index (χ2n) is 11.2. The molecule has 27 heavy (non-hydrogen) atoms. The van der Waals surface area contributed by atoms with Crippen molar-refractivity contribution in [2.45, 2.75) is 97.5 Å². The largest absolute Gasteiger partial charge is 0.481 e. The summed E-state index contributed by atoms with van der Waals surface area (Å²) in [7, 11) is 0. The lowest BCUT2D eigenvalue weighted by Crippen LogP contribution is -2.54. The first-order valence-corrected chi connectivity index (χ1v) is 11.7. The molecular formula is C24H40O3. The molecule has 4 rings (SSSR count). The lowest BCUT2D eigenvalue weighted by atomic mass is 9.44. The van der Waals surface area contributed by atoms with Crippen LogP contribution >= 0.6 is 0 Å². The number of hydrogen-bond donors (Lipinski definition) is 2. The molecule has 0 aromatic carbocycles. The van der Waals surface area contributed by atoms with E-state index in [1.807, 2.05) is 0 Å². The molecule has 1 unspecified atom stereocenters. The normalized spacial score (nSPS) is 50.4. The number of aliphatic hydroxyl groups excluding tert-OH is 1. The molecule has 4 aliphatic rings. The van der Waals surface area contributed by atoms with Crippen LogP contribution in [0.3, 0.4) is 0 Å². The first-order valence-electron chi connectivity index (χ1n) is 11.7. The third-order valence-corrected chi connectivity index (χ3v) is 10.2. The first-order chi connectivity index (χ1) is 12.8. The van der Waals surface area contributed by atoms with Crippen molar-refractivity contribution in [3.8, 4) is 0 Å². The van der Waals surface area contributed by atoms with E-state index in [4.69, 9.17) is 5.11 Å². The Bertz CT molecular complexity index is 574. The Hall–Kier alpha value is -0.570. The summed E-state index contributed by atoms with van der Waals surface area (Å²) in [6.45, 7) is 7.43. The standard InChI is InChI=1S/C24H40O3/c1-15(4-9-22(26)27)19-7-8-20-18-6-5-16-14-17(25)10-12-23(16,2)21(18)11-13-24(19,20)3/h15-21,25H,4-14H2,1-3H3,(H,26,27)/t15?,16-,17+,18-,19+,20-,21-,23-,24+/m0/s1. The number of carboxylic acids is 1. The molecule has 0 amide bonds. The zero-order valence-corrected chi connectivity index (χ0v) is 17.6. The maximum absolute atomic E-state index is 11.0. The lowest BCUT2D eigenvalue weighted by molar-refractivity contribution is -0.138. The second-order valence-corrected chi connectivity index (χ2v) is 11.2. The van der Waals surface area contributed by atoms with Crippen LogP contribution in [0.15, 0.2) is 0 Å². The summed E-state index contributed by atoms with van der Waals surface area (Å²) in [6, 6.07) is 0. The summed E-state index contributed by atoms with van der Waals surface area (Å²) in [4.78, 5) is 11.0. The maximum atomic E-state index is 11.0. The molecule has 4 saturated carbocycles. The van der Waals surface area contributed by atoms with E-state index in [-0.39, 0.29) is 6.10 Å². The molecule has 0 aromatic rings. The summed E-state index contributed by atoms with van der Waals surface area (Å²) in [5, 5.41) is 19.3. The molecule has 3 heteroatoms. The van der Waals surface area contributed by atoms with Crippen LogP contribution in [0.5, 0.6) is 0 Å². The van der Waals surface area contributed by atoms with Crippen LogP contribution < -0.4 is 0 Å². The molecule has 0 radical (unpaired) electrons. The molecule has 0 aliphatic heterocycles. The van der Waals surface area contributed by atoms with Gasteiger partial charge in [0.1, 0.15) is 0 Å². The Morgan fingerprint density at radius 2 is 1.70 bits per heavy atom. The van der Waals surface area contributed by atoms with Crippen LogP contribution in [0.4, 0.5) is 0 Å². The van der Waals surface area contributed by atoms with E-state index in [1.54, 1.807) is 0 Å². The van der Waals surface area contributed by atoms with Crippen LogP contribution in [0.25, 0.3) is 0 Å². The summed E-state index contributed by atoms with van der Waals surface area (Å²) in [6.07, 6.45) is 12.4. The van der Waals surface area contributed by atoms with Crippen molar-refractivity contribution in [3.63, 3.8) is 0 Å². The first kappa shape index (κ1) is 19.7. The van der Waals surface area contributed by atoms with Crippen molar-refractivity contribution in [2.24, 2.45) is 46.3 Å². The Morgan fingerprint density at radius 3 is 2.44 bits per heavy atom. The molecule has 0 heterocycles. The molecule has 9 atom stereocenters. The molecular weight excluding hydrogens is 336 g/mol. The van der Waals surface area contributed by atoms with Gasteiger partial charge >= 0.3 is 5.97 Å². The topological polar surface area (TPSA) is 57.5 Å². The van der Waals surface area contributed by atoms with Crippen LogP contribution in [0.2, 0.25) is 0 Å². The molecule has 4 aliphatic carbocycles. The highest BCUT2D eigenvalue weighted by Crippen LogP contribution is 2.68. The number of aliphatic hydroxyl groups is 1. The van der Waals surface area contributed by atoms with Crippen LogP contribution in [0, 0.1) is 46.3 Å². The van der Waals surface area contributed by atoms with Gasteiger partial charge in [-0.25, -0.2) is 0 Å². The van der Waals surface area contributed by atoms with Crippen molar-refractivity contribution in [3.05, 3.63) is 0 Å². The van der Waals surface area contributed by atoms with Gasteiger partial charge in [0.05, 0.1) is 6.10 Å². The van der Waals surface area contributed by atoms with Gasteiger partial charge in [-0.05, 0) is 111 Å². The van der Waals surface area contributed by atoms with E-state index in [0.717, 1.165) is 42.9 Å². The van der Waals surface area contributed by atoms with Gasteiger partial charge in [-0.3, -0.25) is 4.79 Å². The molecule has 0 spiro atoms. The van der Waals surface area contributed by atoms with E-state index in [1.165, 1.54) is 44.9 Å². The van der Waals surface area contributed by atoms with Gasteiger partial charge in [0.2, 0.25) is 0 Å². The minimum absolute atomic E-state index is 0.0561. The van der Waals surface area contributed by atoms with Crippen LogP contribution in [-0.2, 0) is 4.79 Å². The van der Waals surface area contributed by atoms with Gasteiger partial charge in [0.25, 0.3) is 0 Å². The fraction of sp³-hybridized carbons (Fsp3) is 0.958. The SMILES string of the molecule is CC(CCC(=O)O)[C@H]1CC[C@H]2[C@@H]3CC[C@H]4C[C@H](O)CC[C@]4(C)[C@H]3CC[C@]12C. The summed E-state index contributed by atoms with van der Waals surface area (Å²) >= 11 is 0. The maximum Gasteiger partial charge on any atom is 0.303 e. The van der Waals surface area contributed by atoms with Crippen LogP contribution in [-0.4, -0.2) is 22.3 Å². The zero-order chi connectivity index (χ0) is 19.4. The quantitative estimate of drug-likeness (QED) is 0.680. The van der Waals surface area contributed by atoms with E-state index in [9.17, 15) is 9.90 Å². The predicted octanol–water partition coefficient (Wildman–Crippen LogP) is 5.51. The average Bonchev–Trinajstić information content (AvgIpc) is 2.97. The Morgan fingerprint density at radius 1 is 1.00 bits per heavy atom. The lowest BCUT2D eigenvalue weighted by Gasteiger charge is -2.61. The van der Waals surface area contributed by atoms with Crippen molar-refractivity contribution >= 4 is 5.97 Å². The van der Waals surface area contributed by atoms with Crippen LogP contribution in [0.1, 0.15) is 91.4 Å². The van der Waals surface area contributed by atoms with E-state index < -0.39 is 5.97 Å². The minimum Gasteiger partial charge on any atom is -0.481 e. The van der Waals surface area contributed by atoms with E-state index in [2.05, 4.69) is 20.8 Å². The molecule has 0 saturated heterocycles. The fourth-order valence-electron chi connectivity index (χ4n) is 8.76. The summed E-state index contributed by atoms with van der Waals surface area (Å²) in [5.74, 6) is 3.91.